The number of nitrogens with zero attached hydrogens (tertiary/aromatic N) is 6. The molecule has 1 unspecified atom stereocenters. The van der Waals surface area contributed by atoms with E-state index in [9.17, 15) is 0 Å². The molecular formula is C18H19N7O. The van der Waals surface area contributed by atoms with E-state index < -0.39 is 0 Å². The van der Waals surface area contributed by atoms with Gasteiger partial charge in [-0.05, 0) is 36.6 Å². The second-order valence-electron chi connectivity index (χ2n) is 6.57. The van der Waals surface area contributed by atoms with Crippen LogP contribution in [0.25, 0.3) is 27.7 Å². The molecule has 0 saturated carbocycles. The average Bonchev–Trinajstić information content (AvgIpc) is 3.40. The summed E-state index contributed by atoms with van der Waals surface area (Å²) in [5.41, 5.74) is 5.02. The first-order valence-corrected chi connectivity index (χ1v) is 8.77. The van der Waals surface area contributed by atoms with Gasteiger partial charge >= 0.3 is 0 Å². The predicted molar refractivity (Wildman–Crippen MR) is 98.0 cm³/mol. The summed E-state index contributed by atoms with van der Waals surface area (Å²) in [6, 6.07) is 8.18. The second kappa shape index (κ2) is 6.06. The standard InChI is InChI=1S/C18H19N7O/c1-24-16-9-12(4-5-15(16)21-23-24)14-6-7-25-17(14)11-20-18(22-25)19-10-13-3-2-8-26-13/h4-7,9,11,13H,2-3,8,10H2,1H3,(H,19,22). The van der Waals surface area contributed by atoms with Crippen molar-refractivity contribution in [2.75, 3.05) is 18.5 Å². The van der Waals surface area contributed by atoms with Crippen LogP contribution in [0.1, 0.15) is 12.8 Å². The monoisotopic (exact) mass is 349 g/mol. The molecule has 1 aliphatic rings. The van der Waals surface area contributed by atoms with E-state index in [0.717, 1.165) is 53.7 Å². The molecule has 5 rings (SSSR count). The zero-order chi connectivity index (χ0) is 17.5. The van der Waals surface area contributed by atoms with Crippen molar-refractivity contribution in [3.63, 3.8) is 0 Å². The summed E-state index contributed by atoms with van der Waals surface area (Å²) in [7, 11) is 1.89. The van der Waals surface area contributed by atoms with Gasteiger partial charge in [-0.2, -0.15) is 0 Å². The number of fused-ring (bicyclic) bond motifs is 2. The Kier molecular flexibility index (Phi) is 3.56. The minimum Gasteiger partial charge on any atom is -0.376 e. The fourth-order valence-electron chi connectivity index (χ4n) is 3.43. The number of hydrogen-bond acceptors (Lipinski definition) is 6. The molecule has 26 heavy (non-hydrogen) atoms. The first-order valence-electron chi connectivity index (χ1n) is 8.77. The maximum atomic E-state index is 5.63. The van der Waals surface area contributed by atoms with Gasteiger partial charge in [0.1, 0.15) is 5.52 Å². The Bertz CT molecular complexity index is 1080. The van der Waals surface area contributed by atoms with Gasteiger partial charge in [-0.1, -0.05) is 11.3 Å². The van der Waals surface area contributed by atoms with E-state index in [1.807, 2.05) is 30.0 Å². The Balaban J connectivity index is 1.45. The summed E-state index contributed by atoms with van der Waals surface area (Å²) in [5, 5.41) is 16.0. The van der Waals surface area contributed by atoms with Gasteiger partial charge in [-0.15, -0.1) is 10.2 Å². The molecule has 1 atom stereocenters. The Morgan fingerprint density at radius 3 is 3.12 bits per heavy atom. The van der Waals surface area contributed by atoms with Crippen LogP contribution in [0, 0.1) is 0 Å². The van der Waals surface area contributed by atoms with Crippen LogP contribution in [0.15, 0.2) is 36.7 Å². The number of anilines is 1. The van der Waals surface area contributed by atoms with Crippen LogP contribution in [0.3, 0.4) is 0 Å². The lowest BCUT2D eigenvalue weighted by Gasteiger charge is -2.10. The van der Waals surface area contributed by atoms with Crippen molar-refractivity contribution >= 4 is 22.5 Å². The highest BCUT2D eigenvalue weighted by Gasteiger charge is 2.16. The summed E-state index contributed by atoms with van der Waals surface area (Å²) in [4.78, 5) is 4.47. The van der Waals surface area contributed by atoms with Crippen LogP contribution in [-0.4, -0.2) is 48.8 Å². The van der Waals surface area contributed by atoms with E-state index in [-0.39, 0.29) is 6.10 Å². The van der Waals surface area contributed by atoms with Crippen LogP contribution in [0.5, 0.6) is 0 Å². The zero-order valence-electron chi connectivity index (χ0n) is 14.5. The smallest absolute Gasteiger partial charge is 0.241 e. The van der Waals surface area contributed by atoms with E-state index in [0.29, 0.717) is 5.95 Å². The van der Waals surface area contributed by atoms with Gasteiger partial charge in [-0.3, -0.25) is 0 Å². The Morgan fingerprint density at radius 1 is 1.27 bits per heavy atom. The molecule has 4 aromatic rings. The maximum absolute atomic E-state index is 5.63. The van der Waals surface area contributed by atoms with Crippen molar-refractivity contribution in [3.05, 3.63) is 36.7 Å². The summed E-state index contributed by atoms with van der Waals surface area (Å²) < 4.78 is 9.26. The first-order chi connectivity index (χ1) is 12.8. The molecule has 4 heterocycles. The van der Waals surface area contributed by atoms with E-state index >= 15 is 0 Å². The lowest BCUT2D eigenvalue weighted by atomic mass is 10.1. The van der Waals surface area contributed by atoms with Crippen molar-refractivity contribution in [2.45, 2.75) is 18.9 Å². The van der Waals surface area contributed by atoms with Crippen molar-refractivity contribution < 1.29 is 4.74 Å². The number of aryl methyl sites for hydroxylation is 1. The van der Waals surface area contributed by atoms with Gasteiger partial charge in [0.25, 0.3) is 0 Å². The highest BCUT2D eigenvalue weighted by molar-refractivity contribution is 5.87. The summed E-state index contributed by atoms with van der Waals surface area (Å²) >= 11 is 0. The molecule has 0 spiro atoms. The molecule has 3 aromatic heterocycles. The normalized spacial score (nSPS) is 17.3. The molecule has 8 heteroatoms. The minimum atomic E-state index is 0.258. The number of benzene rings is 1. The topological polar surface area (TPSA) is 82.2 Å². The van der Waals surface area contributed by atoms with E-state index in [4.69, 9.17) is 4.74 Å². The van der Waals surface area contributed by atoms with Gasteiger partial charge in [0, 0.05) is 32.0 Å². The molecule has 1 fully saturated rings. The summed E-state index contributed by atoms with van der Waals surface area (Å²) in [6.07, 6.45) is 6.29. The van der Waals surface area contributed by atoms with Gasteiger partial charge < -0.3 is 10.1 Å². The Morgan fingerprint density at radius 2 is 2.23 bits per heavy atom. The number of nitrogens with one attached hydrogen (secondary N) is 1. The molecule has 0 aliphatic carbocycles. The quantitative estimate of drug-likeness (QED) is 0.609. The van der Waals surface area contributed by atoms with Gasteiger partial charge in [0.05, 0.1) is 23.3 Å². The predicted octanol–water partition coefficient (Wildman–Crippen LogP) is 2.27. The largest absolute Gasteiger partial charge is 0.376 e. The van der Waals surface area contributed by atoms with Gasteiger partial charge in [0.15, 0.2) is 0 Å². The lowest BCUT2D eigenvalue weighted by molar-refractivity contribution is 0.120. The van der Waals surface area contributed by atoms with Crippen LogP contribution < -0.4 is 5.32 Å². The third-order valence-corrected chi connectivity index (χ3v) is 4.85. The van der Waals surface area contributed by atoms with Crippen molar-refractivity contribution in [3.8, 4) is 11.1 Å². The van der Waals surface area contributed by atoms with Crippen LogP contribution in [0.4, 0.5) is 5.95 Å². The van der Waals surface area contributed by atoms with Gasteiger partial charge in [-0.25, -0.2) is 14.2 Å². The molecular weight excluding hydrogens is 330 g/mol. The van der Waals surface area contributed by atoms with Crippen LogP contribution in [-0.2, 0) is 11.8 Å². The minimum absolute atomic E-state index is 0.258. The van der Waals surface area contributed by atoms with E-state index in [2.05, 4.69) is 43.9 Å². The highest BCUT2D eigenvalue weighted by atomic mass is 16.5. The van der Waals surface area contributed by atoms with Crippen molar-refractivity contribution in [1.29, 1.82) is 0 Å². The fourth-order valence-corrected chi connectivity index (χ4v) is 3.43. The number of aromatic nitrogens is 6. The SMILES string of the molecule is Cn1nnc2ccc(-c3ccn4nc(NCC5CCCO5)ncc34)cc21. The molecule has 0 radical (unpaired) electrons. The summed E-state index contributed by atoms with van der Waals surface area (Å²) in [6.45, 7) is 1.59. The highest BCUT2D eigenvalue weighted by Crippen LogP contribution is 2.27. The van der Waals surface area contributed by atoms with Crippen LogP contribution >= 0.6 is 0 Å². The van der Waals surface area contributed by atoms with Crippen LogP contribution in [0.2, 0.25) is 0 Å². The number of hydrogen-bond donors (Lipinski definition) is 1. The maximum Gasteiger partial charge on any atom is 0.241 e. The first kappa shape index (κ1) is 15.3. The molecule has 0 amide bonds. The van der Waals surface area contributed by atoms with E-state index in [1.54, 1.807) is 4.68 Å². The molecule has 0 bridgehead atoms. The lowest BCUT2D eigenvalue weighted by Crippen LogP contribution is -2.20. The van der Waals surface area contributed by atoms with E-state index in [1.165, 1.54) is 0 Å². The van der Waals surface area contributed by atoms with Crippen molar-refractivity contribution in [1.82, 2.24) is 29.6 Å². The molecule has 132 valence electrons. The van der Waals surface area contributed by atoms with Gasteiger partial charge in [0.2, 0.25) is 5.95 Å². The zero-order valence-corrected chi connectivity index (χ0v) is 14.5. The fraction of sp³-hybridized carbons (Fsp3) is 0.333. The molecule has 8 nitrogen and oxygen atoms in total. The van der Waals surface area contributed by atoms with Crippen molar-refractivity contribution in [2.24, 2.45) is 7.05 Å². The third-order valence-electron chi connectivity index (χ3n) is 4.85. The second-order valence-corrected chi connectivity index (χ2v) is 6.57. The molecule has 1 saturated heterocycles. The number of rotatable bonds is 4. The average molecular weight is 349 g/mol. The Hall–Kier alpha value is -3.00. The molecule has 1 aliphatic heterocycles. The molecule has 1 N–H and O–H groups in total. The Labute approximate surface area is 149 Å². The summed E-state index contributed by atoms with van der Waals surface area (Å²) in [5.74, 6) is 0.612. The third kappa shape index (κ3) is 2.59. The number of ether oxygens (including phenoxy) is 1. The molecule has 1 aromatic carbocycles.